The molecule has 0 aromatic carbocycles. The van der Waals surface area contributed by atoms with E-state index in [0.29, 0.717) is 5.92 Å². The van der Waals surface area contributed by atoms with Gasteiger partial charge in [-0.25, -0.2) is 9.59 Å². The van der Waals surface area contributed by atoms with Crippen LogP contribution in [0, 0.1) is 16.7 Å². The van der Waals surface area contributed by atoms with E-state index in [0.717, 1.165) is 19.3 Å². The van der Waals surface area contributed by atoms with E-state index in [4.69, 9.17) is 9.84 Å². The van der Waals surface area contributed by atoms with Gasteiger partial charge in [0.2, 0.25) is 0 Å². The van der Waals surface area contributed by atoms with Crippen LogP contribution in [-0.2, 0) is 23.9 Å². The summed E-state index contributed by atoms with van der Waals surface area (Å²) in [6.07, 6.45) is 2.61. The Morgan fingerprint density at radius 3 is 2.39 bits per heavy atom. The lowest BCUT2D eigenvalue weighted by Gasteiger charge is -2.38. The van der Waals surface area contributed by atoms with Crippen LogP contribution in [0.15, 0.2) is 12.2 Å². The van der Waals surface area contributed by atoms with E-state index in [-0.39, 0.29) is 28.9 Å². The summed E-state index contributed by atoms with van der Waals surface area (Å²) in [5.41, 5.74) is -0.00256. The van der Waals surface area contributed by atoms with Gasteiger partial charge in [-0.2, -0.15) is 0 Å². The van der Waals surface area contributed by atoms with Crippen molar-refractivity contribution in [1.82, 2.24) is 0 Å². The number of carbonyl (C=O) groups excluding carboxylic acids is 2. The molecule has 0 heterocycles. The third-order valence-electron chi connectivity index (χ3n) is 5.96. The van der Waals surface area contributed by atoms with Crippen molar-refractivity contribution in [3.63, 3.8) is 0 Å². The summed E-state index contributed by atoms with van der Waals surface area (Å²) in [6, 6.07) is 0. The van der Waals surface area contributed by atoms with Gasteiger partial charge in [-0.1, -0.05) is 27.4 Å². The summed E-state index contributed by atoms with van der Waals surface area (Å²) >= 11 is 0. The molecule has 0 aromatic rings. The fraction of sp³-hybridized carbons (Fsp3) is 0.706. The monoisotopic (exact) mass is 324 g/mol. The van der Waals surface area contributed by atoms with Gasteiger partial charge in [0.15, 0.2) is 6.61 Å². The first-order valence-corrected chi connectivity index (χ1v) is 7.84. The van der Waals surface area contributed by atoms with Gasteiger partial charge in [0.1, 0.15) is 6.10 Å². The van der Waals surface area contributed by atoms with E-state index >= 15 is 0 Å². The number of ether oxygens (including phenoxy) is 2. The number of aliphatic carboxylic acids is 1. The number of hydrogen-bond acceptors (Lipinski definition) is 5. The predicted molar refractivity (Wildman–Crippen MR) is 81.5 cm³/mol. The van der Waals surface area contributed by atoms with Gasteiger partial charge < -0.3 is 14.6 Å². The second-order valence-corrected chi connectivity index (χ2v) is 7.34. The van der Waals surface area contributed by atoms with Crippen LogP contribution in [0.3, 0.4) is 0 Å². The molecule has 2 rings (SSSR count). The first kappa shape index (κ1) is 17.5. The van der Waals surface area contributed by atoms with Crippen LogP contribution in [0.5, 0.6) is 0 Å². The van der Waals surface area contributed by atoms with Crippen molar-refractivity contribution in [3.8, 4) is 0 Å². The third-order valence-corrected chi connectivity index (χ3v) is 5.96. The molecule has 1 N–H and O–H groups in total. The first-order chi connectivity index (χ1) is 10.6. The van der Waals surface area contributed by atoms with Crippen LogP contribution in [-0.4, -0.2) is 35.7 Å². The Kier molecular flexibility index (Phi) is 4.55. The van der Waals surface area contributed by atoms with Crippen molar-refractivity contribution in [2.24, 2.45) is 16.7 Å². The molecule has 23 heavy (non-hydrogen) atoms. The summed E-state index contributed by atoms with van der Waals surface area (Å²) in [7, 11) is 0. The highest BCUT2D eigenvalue weighted by Gasteiger charge is 2.62. The minimum Gasteiger partial charge on any atom is -0.479 e. The molecule has 0 spiro atoms. The number of fused-ring (bicyclic) bond motifs is 2. The molecule has 128 valence electrons. The smallest absolute Gasteiger partial charge is 0.341 e. The quantitative estimate of drug-likeness (QED) is 0.596. The number of carboxylic acids is 1. The lowest BCUT2D eigenvalue weighted by atomic mass is 9.70. The highest BCUT2D eigenvalue weighted by atomic mass is 16.6. The Hall–Kier alpha value is -1.85. The van der Waals surface area contributed by atoms with Gasteiger partial charge in [0.05, 0.1) is 6.42 Å². The number of carboxylic acid groups (broad SMARTS) is 1. The summed E-state index contributed by atoms with van der Waals surface area (Å²) in [4.78, 5) is 33.9. The Bertz CT molecular complexity index is 549. The number of carbonyl (C=O) groups is 3. The summed E-state index contributed by atoms with van der Waals surface area (Å²) < 4.78 is 10.1. The van der Waals surface area contributed by atoms with Crippen molar-refractivity contribution >= 4 is 17.9 Å². The summed E-state index contributed by atoms with van der Waals surface area (Å²) in [5, 5.41) is 8.46. The van der Waals surface area contributed by atoms with Crippen LogP contribution in [0.1, 0.15) is 46.5 Å². The zero-order chi connectivity index (χ0) is 17.4. The highest BCUT2D eigenvalue weighted by Crippen LogP contribution is 2.66. The average molecular weight is 324 g/mol. The molecule has 2 aliphatic rings. The molecule has 0 aliphatic heterocycles. The minimum absolute atomic E-state index is 0.0432. The summed E-state index contributed by atoms with van der Waals surface area (Å²) in [5.74, 6) is -2.11. The predicted octanol–water partition coefficient (Wildman–Crippen LogP) is 2.32. The average Bonchev–Trinajstić information content (AvgIpc) is 2.77. The van der Waals surface area contributed by atoms with Gasteiger partial charge in [0.25, 0.3) is 0 Å². The zero-order valence-corrected chi connectivity index (χ0v) is 13.9. The lowest BCUT2D eigenvalue weighted by molar-refractivity contribution is -0.158. The Morgan fingerprint density at radius 1 is 1.26 bits per heavy atom. The van der Waals surface area contributed by atoms with E-state index in [9.17, 15) is 14.4 Å². The molecular weight excluding hydrogens is 300 g/mol. The molecule has 0 aromatic heterocycles. The van der Waals surface area contributed by atoms with Crippen LogP contribution in [0.4, 0.5) is 0 Å². The summed E-state index contributed by atoms with van der Waals surface area (Å²) in [6.45, 7) is 9.33. The second-order valence-electron chi connectivity index (χ2n) is 7.34. The molecule has 6 heteroatoms. The molecule has 6 nitrogen and oxygen atoms in total. The van der Waals surface area contributed by atoms with Gasteiger partial charge >= 0.3 is 17.9 Å². The van der Waals surface area contributed by atoms with Crippen LogP contribution < -0.4 is 0 Å². The fourth-order valence-electron chi connectivity index (χ4n) is 3.98. The van der Waals surface area contributed by atoms with Crippen LogP contribution >= 0.6 is 0 Å². The first-order valence-electron chi connectivity index (χ1n) is 7.84. The van der Waals surface area contributed by atoms with Gasteiger partial charge in [-0.05, 0) is 30.6 Å². The Balaban J connectivity index is 1.88. The molecule has 2 fully saturated rings. The normalized spacial score (nSPS) is 30.7. The maximum absolute atomic E-state index is 12.1. The van der Waals surface area contributed by atoms with Crippen LogP contribution in [0.25, 0.3) is 0 Å². The molecule has 0 saturated heterocycles. The van der Waals surface area contributed by atoms with Crippen LogP contribution in [0.2, 0.25) is 0 Å². The largest absolute Gasteiger partial charge is 0.479 e. The van der Waals surface area contributed by atoms with Crippen molar-refractivity contribution in [1.29, 1.82) is 0 Å². The minimum atomic E-state index is -1.26. The van der Waals surface area contributed by atoms with Gasteiger partial charge in [-0.3, -0.25) is 4.79 Å². The second kappa shape index (κ2) is 5.98. The third kappa shape index (κ3) is 3.12. The molecule has 2 bridgehead atoms. The van der Waals surface area contributed by atoms with Gasteiger partial charge in [-0.15, -0.1) is 0 Å². The maximum atomic E-state index is 12.1. The molecule has 0 unspecified atom stereocenters. The number of hydrogen-bond donors (Lipinski definition) is 1. The van der Waals surface area contributed by atoms with Crippen molar-refractivity contribution in [2.75, 3.05) is 6.61 Å². The fourth-order valence-corrected chi connectivity index (χ4v) is 3.98. The number of rotatable bonds is 6. The molecule has 0 radical (unpaired) electrons. The molecule has 2 aliphatic carbocycles. The maximum Gasteiger partial charge on any atom is 0.341 e. The van der Waals surface area contributed by atoms with E-state index in [2.05, 4.69) is 32.1 Å². The highest BCUT2D eigenvalue weighted by molar-refractivity contribution is 5.94. The molecule has 2 saturated carbocycles. The molecular formula is C17H24O6. The van der Waals surface area contributed by atoms with Gasteiger partial charge in [0, 0.05) is 11.0 Å². The lowest BCUT2D eigenvalue weighted by Crippen LogP contribution is -2.38. The van der Waals surface area contributed by atoms with E-state index < -0.39 is 24.5 Å². The number of esters is 2. The van der Waals surface area contributed by atoms with Crippen molar-refractivity contribution in [2.45, 2.75) is 52.6 Å². The SMILES string of the molecule is C=C(CC(=O)O[C@H]1C[C@@H]2CC[C@@]1(C)C2(C)C)C(=O)OCC(=O)O. The topological polar surface area (TPSA) is 89.9 Å². The standard InChI is InChI=1S/C17H24O6/c1-10(15(21)22-9-13(18)19)7-14(20)23-12-8-11-5-6-17(12,4)16(11,2)3/h11-12H,1,5-9H2,2-4H3,(H,18,19)/t11-,12-,17+/m0/s1. The van der Waals surface area contributed by atoms with Crippen molar-refractivity contribution < 1.29 is 29.0 Å². The Labute approximate surface area is 135 Å². The molecule has 3 atom stereocenters. The van der Waals surface area contributed by atoms with E-state index in [1.807, 2.05) is 0 Å². The molecule has 0 amide bonds. The zero-order valence-electron chi connectivity index (χ0n) is 13.9. The van der Waals surface area contributed by atoms with E-state index in [1.165, 1.54) is 0 Å². The van der Waals surface area contributed by atoms with E-state index in [1.54, 1.807) is 0 Å². The Morgan fingerprint density at radius 2 is 1.91 bits per heavy atom. The van der Waals surface area contributed by atoms with Crippen molar-refractivity contribution in [3.05, 3.63) is 12.2 Å².